The van der Waals surface area contributed by atoms with Gasteiger partial charge in [0.05, 0.1) is 16.8 Å². The van der Waals surface area contributed by atoms with Gasteiger partial charge in [0, 0.05) is 6.07 Å². The van der Waals surface area contributed by atoms with Gasteiger partial charge in [-0.3, -0.25) is 5.32 Å². The number of nitrogens with one attached hydrogen (secondary N) is 1. The van der Waals surface area contributed by atoms with Gasteiger partial charge in [-0.15, -0.1) is 6.42 Å². The number of amides is 1. The molecule has 2 N–H and O–H groups in total. The summed E-state index contributed by atoms with van der Waals surface area (Å²) in [6.45, 7) is 5.70. The lowest BCUT2D eigenvalue weighted by Crippen LogP contribution is -2.15. The van der Waals surface area contributed by atoms with E-state index in [1.54, 1.807) is 10.7 Å². The van der Waals surface area contributed by atoms with Gasteiger partial charge >= 0.3 is 6.09 Å². The van der Waals surface area contributed by atoms with E-state index >= 15 is 0 Å². The highest BCUT2D eigenvalue weighted by Crippen LogP contribution is 2.26. The van der Waals surface area contributed by atoms with Crippen LogP contribution in [0.25, 0.3) is 5.69 Å². The molecule has 0 aliphatic heterocycles. The molecule has 1 amide bonds. The summed E-state index contributed by atoms with van der Waals surface area (Å²) in [6, 6.07) is 9.29. The normalized spacial score (nSPS) is 11.0. The van der Waals surface area contributed by atoms with Crippen LogP contribution in [0, 0.1) is 19.3 Å². The smallest absolute Gasteiger partial charge is 0.410 e. The maximum atomic E-state index is 10.9. The summed E-state index contributed by atoms with van der Waals surface area (Å²) < 4.78 is 1.54. The van der Waals surface area contributed by atoms with Crippen molar-refractivity contribution in [3.8, 4) is 18.0 Å². The second kappa shape index (κ2) is 5.33. The third-order valence-corrected chi connectivity index (χ3v) is 3.22. The molecule has 5 heteroatoms. The molecular formula is C16H17N3O2. The summed E-state index contributed by atoms with van der Waals surface area (Å²) >= 11 is 0. The number of benzene rings is 1. The van der Waals surface area contributed by atoms with Gasteiger partial charge in [0.1, 0.15) is 5.82 Å². The van der Waals surface area contributed by atoms with E-state index < -0.39 is 11.5 Å². The van der Waals surface area contributed by atoms with Crippen LogP contribution in [-0.2, 0) is 5.41 Å². The molecule has 1 heterocycles. The third kappa shape index (κ3) is 3.06. The highest BCUT2D eigenvalue weighted by atomic mass is 16.4. The average Bonchev–Trinajstić information content (AvgIpc) is 2.83. The molecule has 0 saturated carbocycles. The molecule has 0 atom stereocenters. The molecule has 0 aliphatic rings. The topological polar surface area (TPSA) is 67.2 Å². The summed E-state index contributed by atoms with van der Waals surface area (Å²) in [7, 11) is 0. The lowest BCUT2D eigenvalue weighted by atomic mass is 9.91. The van der Waals surface area contributed by atoms with Crippen molar-refractivity contribution in [1.82, 2.24) is 9.78 Å². The van der Waals surface area contributed by atoms with Crippen molar-refractivity contribution >= 4 is 11.9 Å². The standard InChI is InChI=1S/C16H17N3O2/c1-5-16(3,4)13-10-14(17-15(20)21)19(18-13)12-8-6-11(2)7-9-12/h1,6-10,17H,2-4H3,(H,20,21). The maximum absolute atomic E-state index is 10.9. The Morgan fingerprint density at radius 1 is 1.38 bits per heavy atom. The number of carbonyl (C=O) groups is 1. The molecule has 0 aliphatic carbocycles. The van der Waals surface area contributed by atoms with Crippen LogP contribution < -0.4 is 5.32 Å². The zero-order valence-corrected chi connectivity index (χ0v) is 12.2. The van der Waals surface area contributed by atoms with Crippen molar-refractivity contribution in [2.24, 2.45) is 0 Å². The molecule has 1 aromatic heterocycles. The molecule has 5 nitrogen and oxygen atoms in total. The molecule has 108 valence electrons. The van der Waals surface area contributed by atoms with E-state index in [9.17, 15) is 4.79 Å². The summed E-state index contributed by atoms with van der Waals surface area (Å²) in [5.74, 6) is 3.03. The Morgan fingerprint density at radius 2 is 2.00 bits per heavy atom. The molecule has 1 aromatic carbocycles. The molecule has 2 aromatic rings. The van der Waals surface area contributed by atoms with E-state index in [1.165, 1.54) is 0 Å². The van der Waals surface area contributed by atoms with Crippen molar-refractivity contribution in [3.63, 3.8) is 0 Å². The number of hydrogen-bond donors (Lipinski definition) is 2. The quantitative estimate of drug-likeness (QED) is 0.850. The lowest BCUT2D eigenvalue weighted by molar-refractivity contribution is 0.209. The Labute approximate surface area is 123 Å². The predicted molar refractivity (Wildman–Crippen MR) is 81.8 cm³/mol. The minimum absolute atomic E-state index is 0.365. The number of terminal acetylenes is 1. The number of hydrogen-bond acceptors (Lipinski definition) is 2. The maximum Gasteiger partial charge on any atom is 0.410 e. The van der Waals surface area contributed by atoms with Gasteiger partial charge in [-0.25, -0.2) is 9.48 Å². The van der Waals surface area contributed by atoms with Crippen LogP contribution in [-0.4, -0.2) is 21.0 Å². The third-order valence-electron chi connectivity index (χ3n) is 3.22. The zero-order valence-electron chi connectivity index (χ0n) is 12.2. The number of anilines is 1. The van der Waals surface area contributed by atoms with Crippen LogP contribution >= 0.6 is 0 Å². The first kappa shape index (κ1) is 14.7. The first-order valence-corrected chi connectivity index (χ1v) is 6.49. The lowest BCUT2D eigenvalue weighted by Gasteiger charge is -2.13. The minimum Gasteiger partial charge on any atom is -0.465 e. The van der Waals surface area contributed by atoms with E-state index in [0.29, 0.717) is 11.5 Å². The van der Waals surface area contributed by atoms with E-state index in [1.807, 2.05) is 45.0 Å². The van der Waals surface area contributed by atoms with Crippen molar-refractivity contribution in [2.45, 2.75) is 26.2 Å². The Hall–Kier alpha value is -2.74. The average molecular weight is 283 g/mol. The Morgan fingerprint density at radius 3 is 2.52 bits per heavy atom. The van der Waals surface area contributed by atoms with Gasteiger partial charge in [-0.1, -0.05) is 23.6 Å². The van der Waals surface area contributed by atoms with Crippen LogP contribution in [0.5, 0.6) is 0 Å². The molecule has 0 radical (unpaired) electrons. The first-order chi connectivity index (χ1) is 9.83. The van der Waals surface area contributed by atoms with Crippen LogP contribution in [0.3, 0.4) is 0 Å². The van der Waals surface area contributed by atoms with Gasteiger partial charge in [0.25, 0.3) is 0 Å². The second-order valence-electron chi connectivity index (χ2n) is 5.36. The van der Waals surface area contributed by atoms with E-state index in [-0.39, 0.29) is 0 Å². The number of nitrogens with zero attached hydrogens (tertiary/aromatic N) is 2. The first-order valence-electron chi connectivity index (χ1n) is 6.49. The molecule has 0 fully saturated rings. The largest absolute Gasteiger partial charge is 0.465 e. The van der Waals surface area contributed by atoms with E-state index in [0.717, 1.165) is 11.3 Å². The van der Waals surface area contributed by atoms with Crippen molar-refractivity contribution in [1.29, 1.82) is 0 Å². The number of carboxylic acid groups (broad SMARTS) is 1. The van der Waals surface area contributed by atoms with E-state index in [2.05, 4.69) is 16.3 Å². The Bertz CT molecular complexity index is 706. The van der Waals surface area contributed by atoms with Crippen LogP contribution in [0.15, 0.2) is 30.3 Å². The Kier molecular flexibility index (Phi) is 3.72. The second-order valence-corrected chi connectivity index (χ2v) is 5.36. The summed E-state index contributed by atoms with van der Waals surface area (Å²) in [5, 5.41) is 15.8. The minimum atomic E-state index is -1.15. The Balaban J connectivity index is 2.55. The summed E-state index contributed by atoms with van der Waals surface area (Å²) in [6.07, 6.45) is 4.38. The molecule has 2 rings (SSSR count). The van der Waals surface area contributed by atoms with E-state index in [4.69, 9.17) is 11.5 Å². The highest BCUT2D eigenvalue weighted by Gasteiger charge is 2.23. The monoisotopic (exact) mass is 283 g/mol. The van der Waals surface area contributed by atoms with Crippen molar-refractivity contribution in [2.75, 3.05) is 5.32 Å². The summed E-state index contributed by atoms with van der Waals surface area (Å²) in [4.78, 5) is 10.9. The summed E-state index contributed by atoms with van der Waals surface area (Å²) in [5.41, 5.74) is 1.94. The van der Waals surface area contributed by atoms with Gasteiger partial charge < -0.3 is 5.11 Å². The van der Waals surface area contributed by atoms with Crippen LogP contribution in [0.2, 0.25) is 0 Å². The molecular weight excluding hydrogens is 266 g/mol. The highest BCUT2D eigenvalue weighted by molar-refractivity contribution is 5.82. The van der Waals surface area contributed by atoms with Crippen LogP contribution in [0.4, 0.5) is 10.6 Å². The van der Waals surface area contributed by atoms with Gasteiger partial charge in [0.2, 0.25) is 0 Å². The number of aryl methyl sites for hydroxylation is 1. The zero-order chi connectivity index (χ0) is 15.6. The fraction of sp³-hybridized carbons (Fsp3) is 0.250. The predicted octanol–water partition coefficient (Wildman–Crippen LogP) is 3.18. The molecule has 0 unspecified atom stereocenters. The molecule has 21 heavy (non-hydrogen) atoms. The van der Waals surface area contributed by atoms with Gasteiger partial charge in [0.15, 0.2) is 0 Å². The fourth-order valence-corrected chi connectivity index (χ4v) is 1.84. The molecule has 0 spiro atoms. The number of rotatable bonds is 3. The van der Waals surface area contributed by atoms with Crippen molar-refractivity contribution in [3.05, 3.63) is 41.6 Å². The van der Waals surface area contributed by atoms with Crippen molar-refractivity contribution < 1.29 is 9.90 Å². The molecule has 0 saturated heterocycles. The van der Waals surface area contributed by atoms with Gasteiger partial charge in [-0.2, -0.15) is 5.10 Å². The fourth-order valence-electron chi connectivity index (χ4n) is 1.84. The SMILES string of the molecule is C#CC(C)(C)c1cc(NC(=O)O)n(-c2ccc(C)cc2)n1. The number of aromatic nitrogens is 2. The molecule has 0 bridgehead atoms. The van der Waals surface area contributed by atoms with Gasteiger partial charge in [-0.05, 0) is 32.9 Å². The van der Waals surface area contributed by atoms with Crippen LogP contribution in [0.1, 0.15) is 25.1 Å².